The van der Waals surface area contributed by atoms with Crippen LogP contribution >= 0.6 is 0 Å². The van der Waals surface area contributed by atoms with E-state index >= 15 is 0 Å². The summed E-state index contributed by atoms with van der Waals surface area (Å²) in [5.41, 5.74) is 3.23. The lowest BCUT2D eigenvalue weighted by atomic mass is 9.95. The van der Waals surface area contributed by atoms with Gasteiger partial charge < -0.3 is 10.2 Å². The predicted octanol–water partition coefficient (Wildman–Crippen LogP) is 3.64. The number of hydrogen-bond acceptors (Lipinski definition) is 4. The molecular weight excluding hydrogens is 364 g/mol. The third-order valence-electron chi connectivity index (χ3n) is 4.41. The van der Waals surface area contributed by atoms with Gasteiger partial charge in [0, 0.05) is 24.4 Å². The van der Waals surface area contributed by atoms with Gasteiger partial charge in [0.15, 0.2) is 0 Å². The first-order valence-electron chi connectivity index (χ1n) is 9.06. The molecule has 6 nitrogen and oxygen atoms in total. The molecule has 0 aliphatic carbocycles. The number of carbonyl (C=O) groups is 2. The molecule has 2 aromatic carbocycles. The first-order chi connectivity index (χ1) is 14.0. The molecule has 2 amide bonds. The molecule has 29 heavy (non-hydrogen) atoms. The van der Waals surface area contributed by atoms with Gasteiger partial charge >= 0.3 is 0 Å². The molecule has 0 aliphatic rings. The van der Waals surface area contributed by atoms with Crippen molar-refractivity contribution in [2.75, 3.05) is 18.9 Å². The summed E-state index contributed by atoms with van der Waals surface area (Å²) in [7, 11) is 1.57. The lowest BCUT2D eigenvalue weighted by Crippen LogP contribution is -2.35. The maximum Gasteiger partial charge on any atom is 0.254 e. The van der Waals surface area contributed by atoms with Crippen molar-refractivity contribution < 1.29 is 9.59 Å². The van der Waals surface area contributed by atoms with Crippen LogP contribution in [0.4, 0.5) is 5.82 Å². The highest BCUT2D eigenvalue weighted by atomic mass is 16.2. The highest BCUT2D eigenvalue weighted by Crippen LogP contribution is 2.27. The number of anilines is 1. The van der Waals surface area contributed by atoms with Gasteiger partial charge in [0.25, 0.3) is 5.91 Å². The summed E-state index contributed by atoms with van der Waals surface area (Å²) in [5, 5.41) is 12.1. The fraction of sp³-hybridized carbons (Fsp3) is 0.130. The average molecular weight is 384 g/mol. The van der Waals surface area contributed by atoms with Crippen LogP contribution in [0.5, 0.6) is 0 Å². The second-order valence-electron chi connectivity index (χ2n) is 6.63. The maximum absolute atomic E-state index is 13.0. The number of pyridine rings is 1. The molecule has 0 fully saturated rings. The fourth-order valence-corrected chi connectivity index (χ4v) is 3.00. The van der Waals surface area contributed by atoms with Crippen molar-refractivity contribution >= 4 is 17.6 Å². The van der Waals surface area contributed by atoms with Crippen LogP contribution in [-0.2, 0) is 4.79 Å². The Hall–Kier alpha value is -3.98. The minimum Gasteiger partial charge on any atom is -0.332 e. The number of likely N-dealkylation sites (N-methyl/N-ethyl adjacent to an activating group) is 1. The van der Waals surface area contributed by atoms with Crippen molar-refractivity contribution in [1.29, 1.82) is 5.26 Å². The van der Waals surface area contributed by atoms with Gasteiger partial charge in [0.05, 0.1) is 18.2 Å². The predicted molar refractivity (Wildman–Crippen MR) is 111 cm³/mol. The number of aryl methyl sites for hydroxylation is 1. The molecule has 0 unspecified atom stereocenters. The second-order valence-corrected chi connectivity index (χ2v) is 6.63. The Kier molecular flexibility index (Phi) is 6.00. The quantitative estimate of drug-likeness (QED) is 0.728. The summed E-state index contributed by atoms with van der Waals surface area (Å²) in [5.74, 6) is -0.200. The van der Waals surface area contributed by atoms with Gasteiger partial charge in [-0.3, -0.25) is 9.59 Å². The molecule has 6 heteroatoms. The summed E-state index contributed by atoms with van der Waals surface area (Å²) in [4.78, 5) is 30.8. The molecule has 0 saturated heterocycles. The Labute approximate surface area is 169 Å². The number of nitriles is 1. The molecular formula is C23H20N4O2. The van der Waals surface area contributed by atoms with Crippen molar-refractivity contribution in [1.82, 2.24) is 9.88 Å². The summed E-state index contributed by atoms with van der Waals surface area (Å²) in [6, 6.07) is 19.9. The van der Waals surface area contributed by atoms with E-state index in [2.05, 4.69) is 16.4 Å². The zero-order chi connectivity index (χ0) is 20.8. The van der Waals surface area contributed by atoms with Crippen LogP contribution < -0.4 is 5.32 Å². The van der Waals surface area contributed by atoms with E-state index in [1.54, 1.807) is 55.7 Å². The number of rotatable bonds is 5. The Balaban J connectivity index is 1.80. The smallest absolute Gasteiger partial charge is 0.254 e. The molecule has 3 rings (SSSR count). The third-order valence-corrected chi connectivity index (χ3v) is 4.41. The van der Waals surface area contributed by atoms with Crippen LogP contribution in [0.25, 0.3) is 11.1 Å². The lowest BCUT2D eigenvalue weighted by Gasteiger charge is -2.19. The van der Waals surface area contributed by atoms with Gasteiger partial charge in [-0.25, -0.2) is 4.98 Å². The number of nitrogens with zero attached hydrogens (tertiary/aromatic N) is 3. The van der Waals surface area contributed by atoms with E-state index in [9.17, 15) is 14.9 Å². The van der Waals surface area contributed by atoms with Crippen LogP contribution in [0.2, 0.25) is 0 Å². The van der Waals surface area contributed by atoms with Gasteiger partial charge in [-0.15, -0.1) is 0 Å². The van der Waals surface area contributed by atoms with Crippen molar-refractivity contribution in [3.8, 4) is 17.2 Å². The Morgan fingerprint density at radius 2 is 1.76 bits per heavy atom. The Morgan fingerprint density at radius 1 is 1.07 bits per heavy atom. The molecule has 1 aromatic heterocycles. The molecule has 144 valence electrons. The summed E-state index contributed by atoms with van der Waals surface area (Å²) in [6.07, 6.45) is 1.61. The van der Waals surface area contributed by atoms with Crippen LogP contribution in [0.1, 0.15) is 21.5 Å². The average Bonchev–Trinajstić information content (AvgIpc) is 2.73. The monoisotopic (exact) mass is 384 g/mol. The zero-order valence-corrected chi connectivity index (χ0v) is 16.2. The normalized spacial score (nSPS) is 10.1. The van der Waals surface area contributed by atoms with Crippen LogP contribution in [0, 0.1) is 18.3 Å². The van der Waals surface area contributed by atoms with Crippen LogP contribution in [0.3, 0.4) is 0 Å². The van der Waals surface area contributed by atoms with E-state index in [0.29, 0.717) is 28.1 Å². The molecule has 1 heterocycles. The summed E-state index contributed by atoms with van der Waals surface area (Å²) in [6.45, 7) is 1.78. The minimum atomic E-state index is -0.339. The zero-order valence-electron chi connectivity index (χ0n) is 16.2. The number of amides is 2. The molecule has 0 saturated carbocycles. The fourth-order valence-electron chi connectivity index (χ4n) is 3.00. The molecule has 0 atom stereocenters. The van der Waals surface area contributed by atoms with E-state index in [4.69, 9.17) is 0 Å². The first kappa shape index (κ1) is 19.8. The van der Waals surface area contributed by atoms with Gasteiger partial charge in [-0.05, 0) is 42.3 Å². The second kappa shape index (κ2) is 8.81. The highest BCUT2D eigenvalue weighted by Gasteiger charge is 2.20. The van der Waals surface area contributed by atoms with Crippen molar-refractivity contribution in [3.05, 3.63) is 83.6 Å². The molecule has 3 aromatic rings. The third kappa shape index (κ3) is 4.66. The highest BCUT2D eigenvalue weighted by molar-refractivity contribution is 6.03. The van der Waals surface area contributed by atoms with Gasteiger partial charge in [0.2, 0.25) is 5.91 Å². The van der Waals surface area contributed by atoms with E-state index in [1.165, 1.54) is 4.90 Å². The largest absolute Gasteiger partial charge is 0.332 e. The molecule has 0 aliphatic heterocycles. The Bertz CT molecular complexity index is 1100. The number of carbonyl (C=O) groups excluding carboxylic acids is 2. The number of aromatic nitrogens is 1. The number of benzene rings is 2. The van der Waals surface area contributed by atoms with Gasteiger partial charge in [0.1, 0.15) is 5.82 Å². The Morgan fingerprint density at radius 3 is 2.48 bits per heavy atom. The van der Waals surface area contributed by atoms with E-state index < -0.39 is 0 Å². The molecule has 1 N–H and O–H groups in total. The lowest BCUT2D eigenvalue weighted by molar-refractivity contribution is -0.116. The van der Waals surface area contributed by atoms with Gasteiger partial charge in [-0.1, -0.05) is 36.4 Å². The van der Waals surface area contributed by atoms with Gasteiger partial charge in [-0.2, -0.15) is 5.26 Å². The summed E-state index contributed by atoms with van der Waals surface area (Å²) >= 11 is 0. The first-order valence-corrected chi connectivity index (χ1v) is 9.06. The molecule has 0 radical (unpaired) electrons. The number of nitrogens with one attached hydrogen (secondary N) is 1. The van der Waals surface area contributed by atoms with E-state index in [0.717, 1.165) is 5.56 Å². The SMILES string of the molecule is Cc1ccnc(NC(=O)CN(C)C(=O)c2ccccc2-c2ccccc2C#N)c1. The van der Waals surface area contributed by atoms with Crippen LogP contribution in [0.15, 0.2) is 66.9 Å². The summed E-state index contributed by atoms with van der Waals surface area (Å²) < 4.78 is 0. The van der Waals surface area contributed by atoms with E-state index in [-0.39, 0.29) is 18.4 Å². The minimum absolute atomic E-state index is 0.122. The van der Waals surface area contributed by atoms with E-state index in [1.807, 2.05) is 25.1 Å². The van der Waals surface area contributed by atoms with Crippen molar-refractivity contribution in [2.45, 2.75) is 6.92 Å². The maximum atomic E-state index is 13.0. The van der Waals surface area contributed by atoms with Crippen molar-refractivity contribution in [3.63, 3.8) is 0 Å². The van der Waals surface area contributed by atoms with Crippen LogP contribution in [-0.4, -0.2) is 35.3 Å². The molecule has 0 bridgehead atoms. The topological polar surface area (TPSA) is 86.1 Å². The standard InChI is InChI=1S/C23H20N4O2/c1-16-11-12-25-21(13-16)26-22(28)15-27(2)23(29)20-10-6-5-9-19(20)18-8-4-3-7-17(18)14-24/h3-13H,15H2,1-2H3,(H,25,26,28). The van der Waals surface area contributed by atoms with Crippen molar-refractivity contribution in [2.24, 2.45) is 0 Å². The number of hydrogen-bond donors (Lipinski definition) is 1. The molecule has 0 spiro atoms.